The van der Waals surface area contributed by atoms with Crippen LogP contribution < -0.4 is 10.1 Å². The Balaban J connectivity index is 1.78. The maximum absolute atomic E-state index is 13.0. The number of nitrogens with zero attached hydrogens (tertiary/aromatic N) is 2. The van der Waals surface area contributed by atoms with Crippen LogP contribution in [-0.2, 0) is 10.1 Å². The summed E-state index contributed by atoms with van der Waals surface area (Å²) in [6.45, 7) is 1.42. The van der Waals surface area contributed by atoms with Crippen LogP contribution in [0.2, 0.25) is 5.02 Å². The fourth-order valence-electron chi connectivity index (χ4n) is 3.60. The molecular weight excluding hydrogens is 506 g/mol. The fourth-order valence-corrected chi connectivity index (χ4v) is 4.59. The molecule has 0 fully saturated rings. The predicted octanol–water partition coefficient (Wildman–Crippen LogP) is 6.43. The van der Waals surface area contributed by atoms with E-state index in [2.05, 4.69) is 15.5 Å². The van der Waals surface area contributed by atoms with Gasteiger partial charge in [0.15, 0.2) is 5.75 Å². The Hall–Kier alpha value is -3.99. The molecule has 0 spiro atoms. The van der Waals surface area contributed by atoms with Crippen LogP contribution in [0.3, 0.4) is 0 Å². The number of amides is 1. The number of methoxy groups -OCH3 is 1. The second-order valence-electron chi connectivity index (χ2n) is 7.73. The number of ether oxygens (including phenoxy) is 1. The van der Waals surface area contributed by atoms with Crippen molar-refractivity contribution in [3.63, 3.8) is 0 Å². The highest BCUT2D eigenvalue weighted by atomic mass is 35.5. The lowest BCUT2D eigenvalue weighted by molar-refractivity contribution is 0.102. The number of phenols is 1. The van der Waals surface area contributed by atoms with Crippen LogP contribution in [0.1, 0.15) is 15.9 Å². The van der Waals surface area contributed by atoms with Crippen LogP contribution in [0.15, 0.2) is 81.9 Å². The van der Waals surface area contributed by atoms with E-state index in [-0.39, 0.29) is 32.4 Å². The Morgan fingerprint density at radius 3 is 2.50 bits per heavy atom. The quantitative estimate of drug-likeness (QED) is 0.196. The molecule has 3 N–H and O–H groups in total. The number of benzene rings is 4. The summed E-state index contributed by atoms with van der Waals surface area (Å²) in [7, 11) is -2.96. The fraction of sp³-hybridized carbons (Fsp3) is 0.0800. The molecule has 184 valence electrons. The monoisotopic (exact) mass is 525 g/mol. The third-order valence-electron chi connectivity index (χ3n) is 5.42. The van der Waals surface area contributed by atoms with Crippen LogP contribution in [0.25, 0.3) is 10.8 Å². The van der Waals surface area contributed by atoms with E-state index in [1.165, 1.54) is 26.2 Å². The molecule has 0 aliphatic heterocycles. The number of azo groups is 1. The minimum Gasteiger partial charge on any atom is -0.505 e. The number of anilines is 1. The van der Waals surface area contributed by atoms with Gasteiger partial charge in [-0.1, -0.05) is 41.9 Å². The Labute approximate surface area is 211 Å². The molecular formula is C25H20ClN3O6S. The van der Waals surface area contributed by atoms with Gasteiger partial charge in [0.1, 0.15) is 17.1 Å². The molecule has 0 aliphatic rings. The molecule has 9 nitrogen and oxygen atoms in total. The van der Waals surface area contributed by atoms with Crippen molar-refractivity contribution in [1.29, 1.82) is 0 Å². The zero-order valence-electron chi connectivity index (χ0n) is 19.1. The molecule has 0 unspecified atom stereocenters. The summed E-state index contributed by atoms with van der Waals surface area (Å²) in [6.07, 6.45) is 0. The summed E-state index contributed by atoms with van der Waals surface area (Å²) < 4.78 is 37.6. The van der Waals surface area contributed by atoms with Crippen LogP contribution in [0.5, 0.6) is 11.5 Å². The molecule has 4 aromatic rings. The van der Waals surface area contributed by atoms with E-state index in [1.54, 1.807) is 48.5 Å². The minimum atomic E-state index is -4.47. The first-order valence-corrected chi connectivity index (χ1v) is 12.3. The van der Waals surface area contributed by atoms with Crippen molar-refractivity contribution >= 4 is 55.5 Å². The Morgan fingerprint density at radius 1 is 1.03 bits per heavy atom. The van der Waals surface area contributed by atoms with E-state index in [0.29, 0.717) is 22.2 Å². The number of hydrogen-bond donors (Lipinski definition) is 3. The summed E-state index contributed by atoms with van der Waals surface area (Å²) in [4.78, 5) is 12.7. The Kier molecular flexibility index (Phi) is 6.93. The van der Waals surface area contributed by atoms with Crippen molar-refractivity contribution in [3.8, 4) is 11.5 Å². The lowest BCUT2D eigenvalue weighted by Crippen LogP contribution is -2.12. The number of nitrogens with one attached hydrogen (secondary N) is 1. The van der Waals surface area contributed by atoms with Gasteiger partial charge in [0.25, 0.3) is 16.0 Å². The molecule has 11 heteroatoms. The van der Waals surface area contributed by atoms with E-state index in [0.717, 1.165) is 6.07 Å². The molecule has 0 bridgehead atoms. The summed E-state index contributed by atoms with van der Waals surface area (Å²) in [6, 6.07) is 17.7. The van der Waals surface area contributed by atoms with Crippen LogP contribution in [-0.4, -0.2) is 31.1 Å². The minimum absolute atomic E-state index is 0.0245. The molecule has 0 heterocycles. The first-order chi connectivity index (χ1) is 17.1. The smallest absolute Gasteiger partial charge is 0.294 e. The highest BCUT2D eigenvalue weighted by Crippen LogP contribution is 2.41. The molecule has 0 radical (unpaired) electrons. The highest BCUT2D eigenvalue weighted by Gasteiger charge is 2.20. The standard InChI is InChI=1S/C25H20ClN3O6S/c1-14-21(36(32,33)34)11-10-20(22(14)26)28-29-23-18-9-4-3-6-15(18)12-19(24(23)30)25(31)27-16-7-5-8-17(13-16)35-2/h3-13,30H,1-2H3,(H,27,31)(H,32,33,34). The van der Waals surface area contributed by atoms with Crippen molar-refractivity contribution in [2.75, 3.05) is 12.4 Å². The number of carbonyl (C=O) groups excluding carboxylic acids is 1. The third-order valence-corrected chi connectivity index (χ3v) is 6.89. The molecule has 1 amide bonds. The number of halogens is 1. The van der Waals surface area contributed by atoms with E-state index < -0.39 is 21.8 Å². The van der Waals surface area contributed by atoms with Gasteiger partial charge in [-0.3, -0.25) is 9.35 Å². The number of hydrogen-bond acceptors (Lipinski definition) is 7. The number of aromatic hydroxyl groups is 1. The lowest BCUT2D eigenvalue weighted by Gasteiger charge is -2.12. The summed E-state index contributed by atoms with van der Waals surface area (Å²) in [5, 5.41) is 23.1. The van der Waals surface area contributed by atoms with Crippen molar-refractivity contribution in [2.45, 2.75) is 11.8 Å². The second kappa shape index (κ2) is 9.94. The van der Waals surface area contributed by atoms with Gasteiger partial charge >= 0.3 is 0 Å². The largest absolute Gasteiger partial charge is 0.505 e. The van der Waals surface area contributed by atoms with Crippen molar-refractivity contribution in [3.05, 3.63) is 82.9 Å². The van der Waals surface area contributed by atoms with E-state index in [4.69, 9.17) is 16.3 Å². The zero-order valence-corrected chi connectivity index (χ0v) is 20.6. The van der Waals surface area contributed by atoms with Gasteiger partial charge in [0.05, 0.1) is 22.6 Å². The Bertz CT molecular complexity index is 1640. The van der Waals surface area contributed by atoms with Crippen LogP contribution in [0, 0.1) is 6.92 Å². The SMILES string of the molecule is COc1cccc(NC(=O)c2cc3ccccc3c(N=Nc3ccc(S(=O)(=O)O)c(C)c3Cl)c2O)c1. The van der Waals surface area contributed by atoms with Gasteiger partial charge in [-0.25, -0.2) is 0 Å². The van der Waals surface area contributed by atoms with Gasteiger partial charge in [-0.15, -0.1) is 10.2 Å². The number of carbonyl (C=O) groups is 1. The van der Waals surface area contributed by atoms with Gasteiger partial charge < -0.3 is 15.2 Å². The number of rotatable bonds is 6. The molecule has 0 aromatic heterocycles. The third kappa shape index (κ3) is 5.01. The lowest BCUT2D eigenvalue weighted by atomic mass is 10.0. The van der Waals surface area contributed by atoms with E-state index >= 15 is 0 Å². The van der Waals surface area contributed by atoms with E-state index in [1.807, 2.05) is 0 Å². The molecule has 36 heavy (non-hydrogen) atoms. The van der Waals surface area contributed by atoms with Crippen LogP contribution >= 0.6 is 11.6 Å². The first-order valence-electron chi connectivity index (χ1n) is 10.5. The molecule has 0 aliphatic carbocycles. The molecule has 4 aromatic carbocycles. The highest BCUT2D eigenvalue weighted by molar-refractivity contribution is 7.85. The maximum Gasteiger partial charge on any atom is 0.294 e. The summed E-state index contributed by atoms with van der Waals surface area (Å²) in [5.41, 5.74) is 0.662. The molecule has 0 saturated carbocycles. The molecule has 4 rings (SSSR count). The number of fused-ring (bicyclic) bond motifs is 1. The van der Waals surface area contributed by atoms with Gasteiger partial charge in [-0.2, -0.15) is 8.42 Å². The number of phenolic OH excluding ortho intramolecular Hbond substituents is 1. The predicted molar refractivity (Wildman–Crippen MR) is 137 cm³/mol. The second-order valence-corrected chi connectivity index (χ2v) is 9.49. The van der Waals surface area contributed by atoms with Crippen molar-refractivity contribution in [2.24, 2.45) is 10.2 Å². The summed E-state index contributed by atoms with van der Waals surface area (Å²) in [5.74, 6) is -0.424. The van der Waals surface area contributed by atoms with Crippen molar-refractivity contribution in [1.82, 2.24) is 0 Å². The molecule has 0 atom stereocenters. The average Bonchev–Trinajstić information content (AvgIpc) is 2.84. The van der Waals surface area contributed by atoms with Crippen LogP contribution in [0.4, 0.5) is 17.1 Å². The first kappa shape index (κ1) is 25.1. The Morgan fingerprint density at radius 2 is 1.78 bits per heavy atom. The van der Waals surface area contributed by atoms with Gasteiger partial charge in [0, 0.05) is 17.1 Å². The van der Waals surface area contributed by atoms with Crippen molar-refractivity contribution < 1.29 is 27.6 Å². The maximum atomic E-state index is 13.0. The summed E-state index contributed by atoms with van der Waals surface area (Å²) >= 11 is 6.26. The normalized spacial score (nSPS) is 11.7. The van der Waals surface area contributed by atoms with Gasteiger partial charge in [-0.05, 0) is 48.2 Å². The van der Waals surface area contributed by atoms with Gasteiger partial charge in [0.2, 0.25) is 0 Å². The molecule has 0 saturated heterocycles. The van der Waals surface area contributed by atoms with E-state index in [9.17, 15) is 22.9 Å². The zero-order chi connectivity index (χ0) is 26.0. The topological polar surface area (TPSA) is 138 Å². The average molecular weight is 526 g/mol.